The number of carbonyl (C=O) groups is 6. The van der Waals surface area contributed by atoms with Crippen LogP contribution in [0.4, 0.5) is 5.69 Å². The van der Waals surface area contributed by atoms with Crippen molar-refractivity contribution in [3.05, 3.63) is 99.6 Å². The van der Waals surface area contributed by atoms with Crippen molar-refractivity contribution in [1.82, 2.24) is 5.32 Å². The molecule has 0 saturated carbocycles. The molecule has 0 aromatic heterocycles. The smallest absolute Gasteiger partial charge is 0.316 e. The maximum absolute atomic E-state index is 15.1. The molecular weight excluding hydrogens is 825 g/mol. The molecule has 0 spiro atoms. The van der Waals surface area contributed by atoms with Crippen molar-refractivity contribution >= 4 is 40.9 Å². The van der Waals surface area contributed by atoms with E-state index in [0.717, 1.165) is 5.56 Å². The van der Waals surface area contributed by atoms with Gasteiger partial charge in [0.15, 0.2) is 0 Å². The van der Waals surface area contributed by atoms with Gasteiger partial charge in [0.1, 0.15) is 29.0 Å². The lowest BCUT2D eigenvalue weighted by Crippen LogP contribution is -2.46. The van der Waals surface area contributed by atoms with Gasteiger partial charge in [0.25, 0.3) is 11.7 Å². The molecule has 5 bridgehead atoms. The van der Waals surface area contributed by atoms with Crippen LogP contribution in [0.2, 0.25) is 0 Å². The lowest BCUT2D eigenvalue weighted by Gasteiger charge is -2.38. The van der Waals surface area contributed by atoms with Gasteiger partial charge in [0.2, 0.25) is 11.6 Å². The highest BCUT2D eigenvalue weighted by Crippen LogP contribution is 2.49. The number of aliphatic hydroxyl groups is 2. The summed E-state index contributed by atoms with van der Waals surface area (Å²) in [5, 5.41) is 28.6. The Labute approximate surface area is 373 Å². The summed E-state index contributed by atoms with van der Waals surface area (Å²) in [5.74, 6) is -10.1. The first-order chi connectivity index (χ1) is 29.8. The first-order valence-corrected chi connectivity index (χ1v) is 21.3. The normalized spacial score (nSPS) is 29.8. The first-order valence-electron chi connectivity index (χ1n) is 21.3. The minimum Gasteiger partial charge on any atom is -0.462 e. The molecule has 0 saturated heterocycles. The number of hydrogen-bond acceptors (Lipinski definition) is 14. The van der Waals surface area contributed by atoms with Crippen molar-refractivity contribution in [2.24, 2.45) is 29.1 Å². The van der Waals surface area contributed by atoms with Crippen molar-refractivity contribution in [2.45, 2.75) is 113 Å². The zero-order valence-corrected chi connectivity index (χ0v) is 38.7. The van der Waals surface area contributed by atoms with E-state index in [1.54, 1.807) is 84.9 Å². The molecule has 344 valence electrons. The third-order valence-electron chi connectivity index (χ3n) is 12.1. The number of rotatable bonds is 5. The number of aliphatic hydroxyl groups excluding tert-OH is 2. The van der Waals surface area contributed by atoms with Crippen LogP contribution < -0.4 is 20.1 Å². The quantitative estimate of drug-likeness (QED) is 0.184. The Bertz CT molecular complexity index is 2350. The van der Waals surface area contributed by atoms with Crippen LogP contribution in [0.5, 0.6) is 11.5 Å². The highest BCUT2D eigenvalue weighted by Gasteiger charge is 2.53. The number of fused-ring (bicyclic) bond motifs is 14. The molecule has 2 aromatic rings. The zero-order chi connectivity index (χ0) is 47.7. The number of esters is 2. The second-order valence-corrected chi connectivity index (χ2v) is 18.2. The number of hydrogen-bond donors (Lipinski definition) is 4. The average Bonchev–Trinajstić information content (AvgIpc) is 3.50. The molecule has 15 heteroatoms. The van der Waals surface area contributed by atoms with E-state index in [1.807, 2.05) is 6.92 Å². The van der Waals surface area contributed by atoms with E-state index in [9.17, 15) is 29.4 Å². The van der Waals surface area contributed by atoms with Crippen molar-refractivity contribution in [2.75, 3.05) is 12.4 Å². The van der Waals surface area contributed by atoms with Crippen LogP contribution in [0.25, 0.3) is 0 Å². The number of Topliss-reactive ketones (excluding diaryl/α,β-unsaturated/α-hetero) is 3. The lowest BCUT2D eigenvalue weighted by atomic mass is 9.78. The third-order valence-corrected chi connectivity index (χ3v) is 12.1. The predicted molar refractivity (Wildman–Crippen MR) is 236 cm³/mol. The second-order valence-electron chi connectivity index (χ2n) is 18.2. The monoisotopic (exact) mass is 884 g/mol. The fraction of sp³-hybridized carbons (Fsp3) is 0.469. The molecular formula is C49H60N2O13. The maximum atomic E-state index is 15.1. The van der Waals surface area contributed by atoms with Crippen molar-refractivity contribution < 1.29 is 62.7 Å². The van der Waals surface area contributed by atoms with E-state index in [2.05, 4.69) is 10.6 Å². The van der Waals surface area contributed by atoms with Gasteiger partial charge in [-0.2, -0.15) is 0 Å². The third kappa shape index (κ3) is 9.76. The van der Waals surface area contributed by atoms with Gasteiger partial charge in [0.05, 0.1) is 46.7 Å². The van der Waals surface area contributed by atoms with Crippen molar-refractivity contribution in [1.29, 1.82) is 0 Å². The van der Waals surface area contributed by atoms with Gasteiger partial charge in [-0.3, -0.25) is 28.8 Å². The number of nitrogens with one attached hydrogen (secondary N) is 2. The number of ketones is 3. The van der Waals surface area contributed by atoms with Crippen molar-refractivity contribution in [3.8, 4) is 11.5 Å². The molecule has 1 aliphatic carbocycles. The van der Waals surface area contributed by atoms with E-state index < -0.39 is 111 Å². The molecule has 6 rings (SSSR count). The molecule has 2 aromatic carbocycles. The van der Waals surface area contributed by atoms with Gasteiger partial charge in [-0.15, -0.1) is 0 Å². The summed E-state index contributed by atoms with van der Waals surface area (Å²) in [4.78, 5) is 84.8. The summed E-state index contributed by atoms with van der Waals surface area (Å²) in [6, 6.07) is 6.89. The van der Waals surface area contributed by atoms with Gasteiger partial charge in [0, 0.05) is 61.5 Å². The van der Waals surface area contributed by atoms with Crippen LogP contribution >= 0.6 is 0 Å². The van der Waals surface area contributed by atoms with Gasteiger partial charge in [-0.05, 0) is 59.8 Å². The average molecular weight is 885 g/mol. The number of amides is 1. The Hall–Kier alpha value is -5.90. The fourth-order valence-corrected chi connectivity index (χ4v) is 7.95. The molecule has 0 radical (unpaired) electrons. The molecule has 15 nitrogen and oxygen atoms in total. The standard InChI is InChI=1S/C49H60N2O13/c1-23-17-19-31(20-18-23)50-36-37-41(56)34-33(40(36)55)35-44(29(7)43(34)63-47(59)48(9,10)11)64-49(12,45(35)57)61-22-21-32(60-13)26(4)42(62-30(8)52)28(6)39(54)27(5)38(53)24(2)15-14-16-25(3)46(58)51-37/h14-22,24,26-28,32,38-39,42,50,53-54H,1-13H3,(H,51,58)/b15-14+,22-21+,25-16-. The summed E-state index contributed by atoms with van der Waals surface area (Å²) < 4.78 is 29.8. The van der Waals surface area contributed by atoms with E-state index in [1.165, 1.54) is 53.2 Å². The van der Waals surface area contributed by atoms with Crippen LogP contribution in [-0.2, 0) is 28.6 Å². The molecule has 9 atom stereocenters. The Balaban J connectivity index is 1.76. The largest absolute Gasteiger partial charge is 0.462 e. The van der Waals surface area contributed by atoms with Crippen LogP contribution in [0, 0.1) is 42.9 Å². The zero-order valence-electron chi connectivity index (χ0n) is 38.7. The fourth-order valence-electron chi connectivity index (χ4n) is 7.95. The van der Waals surface area contributed by atoms with Crippen molar-refractivity contribution in [3.63, 3.8) is 0 Å². The minimum absolute atomic E-state index is 0.0372. The molecule has 9 unspecified atom stereocenters. The Morgan fingerprint density at radius 3 is 2.09 bits per heavy atom. The van der Waals surface area contributed by atoms with E-state index >= 15 is 9.59 Å². The molecule has 4 aliphatic rings. The Morgan fingerprint density at radius 2 is 1.50 bits per heavy atom. The molecule has 3 aliphatic heterocycles. The topological polar surface area (TPSA) is 213 Å². The Morgan fingerprint density at radius 1 is 0.859 bits per heavy atom. The first kappa shape index (κ1) is 49.1. The van der Waals surface area contributed by atoms with Gasteiger partial charge >= 0.3 is 17.7 Å². The van der Waals surface area contributed by atoms with Crippen LogP contribution in [0.3, 0.4) is 0 Å². The van der Waals surface area contributed by atoms with Gasteiger partial charge < -0.3 is 44.5 Å². The maximum Gasteiger partial charge on any atom is 0.316 e. The number of anilines is 1. The number of carbonyl (C=O) groups excluding carboxylic acids is 6. The highest BCUT2D eigenvalue weighted by atomic mass is 16.7. The summed E-state index contributed by atoms with van der Waals surface area (Å²) >= 11 is 0. The number of benzene rings is 2. The second kappa shape index (κ2) is 19.1. The molecule has 4 N–H and O–H groups in total. The lowest BCUT2D eigenvalue weighted by molar-refractivity contribution is -0.160. The summed E-state index contributed by atoms with van der Waals surface area (Å²) in [6.07, 6.45) is 3.26. The van der Waals surface area contributed by atoms with Crippen LogP contribution in [-0.4, -0.2) is 82.7 Å². The summed E-state index contributed by atoms with van der Waals surface area (Å²) in [7, 11) is 1.42. The SMILES string of the molecule is COC1/C=C/OC2(C)Oc3c(C)c(OC(=O)C(C)(C)C)c4c(c3C2=O)C(=O)C(Nc2ccc(C)cc2)=C(NC(=O)/C(C)=C\C=C\C(C)C(O)C(C)C(O)C(C)C(OC(C)=O)C1C)C4=O. The molecule has 3 heterocycles. The van der Waals surface area contributed by atoms with E-state index in [0.29, 0.717) is 5.69 Å². The number of ether oxygens (including phenoxy) is 5. The number of aryl methyl sites for hydroxylation is 1. The highest BCUT2D eigenvalue weighted by molar-refractivity contribution is 6.33. The number of methoxy groups -OCH3 is 1. The van der Waals surface area contributed by atoms with Crippen LogP contribution in [0.1, 0.15) is 111 Å². The van der Waals surface area contributed by atoms with E-state index in [-0.39, 0.29) is 33.9 Å². The number of allylic oxidation sites excluding steroid dienone is 4. The molecule has 0 fully saturated rings. The summed E-state index contributed by atoms with van der Waals surface area (Å²) in [5.41, 5.74) is -1.68. The van der Waals surface area contributed by atoms with E-state index in [4.69, 9.17) is 23.7 Å². The molecule has 1 amide bonds. The molecule has 64 heavy (non-hydrogen) atoms. The predicted octanol–water partition coefficient (Wildman–Crippen LogP) is 6.62. The van der Waals surface area contributed by atoms with Gasteiger partial charge in [-0.25, -0.2) is 0 Å². The summed E-state index contributed by atoms with van der Waals surface area (Å²) in [6.45, 7) is 19.0. The Kier molecular flexibility index (Phi) is 14.6. The van der Waals surface area contributed by atoms with Crippen LogP contribution in [0.15, 0.2) is 71.8 Å². The van der Waals surface area contributed by atoms with Gasteiger partial charge in [-0.1, -0.05) is 63.6 Å². The minimum atomic E-state index is -2.15.